The fourth-order valence-electron chi connectivity index (χ4n) is 3.98. The number of methoxy groups -OCH3 is 1. The van der Waals surface area contributed by atoms with E-state index < -0.39 is 0 Å². The van der Waals surface area contributed by atoms with Crippen LogP contribution in [-0.2, 0) is 4.84 Å². The summed E-state index contributed by atoms with van der Waals surface area (Å²) < 4.78 is 7.64. The van der Waals surface area contributed by atoms with Gasteiger partial charge in [0, 0.05) is 12.7 Å². The van der Waals surface area contributed by atoms with E-state index in [0.717, 1.165) is 47.9 Å². The summed E-state index contributed by atoms with van der Waals surface area (Å²) in [6.45, 7) is 8.19. The third-order valence-corrected chi connectivity index (χ3v) is 5.51. The van der Waals surface area contributed by atoms with Gasteiger partial charge in [-0.1, -0.05) is 25.1 Å². The van der Waals surface area contributed by atoms with Crippen molar-refractivity contribution in [3.63, 3.8) is 0 Å². The predicted octanol–water partition coefficient (Wildman–Crippen LogP) is 4.04. The van der Waals surface area contributed by atoms with E-state index >= 15 is 0 Å². The number of amidine groups is 1. The lowest BCUT2D eigenvalue weighted by atomic mass is 9.95. The number of benzene rings is 1. The summed E-state index contributed by atoms with van der Waals surface area (Å²) in [7, 11) is 1.70. The Hall–Kier alpha value is -2.76. The van der Waals surface area contributed by atoms with Crippen LogP contribution in [0.25, 0.3) is 11.8 Å². The Morgan fingerprint density at radius 1 is 1.32 bits per heavy atom. The molecule has 0 N–H and O–H groups in total. The lowest BCUT2D eigenvalue weighted by Crippen LogP contribution is -2.51. The number of hydrogen-bond donors (Lipinski definition) is 0. The average molecular weight is 380 g/mol. The maximum Gasteiger partial charge on any atom is 0.171 e. The number of oxime groups is 1. The van der Waals surface area contributed by atoms with Gasteiger partial charge in [0.2, 0.25) is 0 Å². The molecule has 28 heavy (non-hydrogen) atoms. The number of nitrogens with zero attached hydrogens (tertiary/aromatic N) is 4. The third-order valence-electron chi connectivity index (χ3n) is 5.51. The van der Waals surface area contributed by atoms with Crippen LogP contribution in [0.1, 0.15) is 37.9 Å². The number of fused-ring (bicyclic) bond motifs is 1. The normalized spacial score (nSPS) is 20.8. The van der Waals surface area contributed by atoms with Gasteiger partial charge in [0.05, 0.1) is 30.9 Å². The van der Waals surface area contributed by atoms with Gasteiger partial charge in [-0.3, -0.25) is 0 Å². The first kappa shape index (κ1) is 18.6. The molecule has 1 aromatic carbocycles. The van der Waals surface area contributed by atoms with Crippen molar-refractivity contribution >= 4 is 11.9 Å². The van der Waals surface area contributed by atoms with Gasteiger partial charge in [-0.15, -0.1) is 0 Å². The Kier molecular flexibility index (Phi) is 5.11. The van der Waals surface area contributed by atoms with E-state index in [9.17, 15) is 0 Å². The first-order chi connectivity index (χ1) is 13.6. The van der Waals surface area contributed by atoms with E-state index in [0.29, 0.717) is 18.6 Å². The molecule has 0 amide bonds. The molecule has 1 saturated heterocycles. The van der Waals surface area contributed by atoms with E-state index in [1.165, 1.54) is 5.57 Å². The summed E-state index contributed by atoms with van der Waals surface area (Å²) in [5.74, 6) is 2.34. The molecule has 2 aliphatic rings. The molecule has 1 aromatic heterocycles. The third kappa shape index (κ3) is 3.51. The maximum atomic E-state index is 5.65. The summed E-state index contributed by atoms with van der Waals surface area (Å²) in [5.41, 5.74) is 4.29. The van der Waals surface area contributed by atoms with Crippen LogP contribution in [0, 0.1) is 12.8 Å². The molecule has 0 saturated carbocycles. The van der Waals surface area contributed by atoms with E-state index in [4.69, 9.17) is 9.57 Å². The average Bonchev–Trinajstić information content (AvgIpc) is 3.13. The maximum absolute atomic E-state index is 5.65. The molecule has 1 atom stereocenters. The molecule has 0 aliphatic carbocycles. The van der Waals surface area contributed by atoms with Gasteiger partial charge in [0.25, 0.3) is 0 Å². The van der Waals surface area contributed by atoms with Crippen LogP contribution in [-0.4, -0.2) is 46.6 Å². The van der Waals surface area contributed by atoms with Crippen molar-refractivity contribution in [3.05, 3.63) is 47.6 Å². The molecule has 0 unspecified atom stereocenters. The largest absolute Gasteiger partial charge is 0.495 e. The van der Waals surface area contributed by atoms with Crippen molar-refractivity contribution in [1.29, 1.82) is 0 Å². The lowest BCUT2D eigenvalue weighted by molar-refractivity contribution is 0.0396. The quantitative estimate of drug-likeness (QED) is 0.803. The van der Waals surface area contributed by atoms with Crippen LogP contribution in [0.15, 0.2) is 41.5 Å². The molecule has 0 spiro atoms. The molecule has 148 valence electrons. The highest BCUT2D eigenvalue weighted by Crippen LogP contribution is 2.30. The van der Waals surface area contributed by atoms with E-state index in [1.807, 2.05) is 24.0 Å². The molecule has 1 fully saturated rings. The summed E-state index contributed by atoms with van der Waals surface area (Å²) in [6.07, 6.45) is 8.16. The Bertz CT molecular complexity index is 913. The molecule has 2 aliphatic heterocycles. The van der Waals surface area contributed by atoms with Crippen LogP contribution >= 0.6 is 0 Å². The Balaban J connectivity index is 1.66. The Labute approximate surface area is 166 Å². The smallest absolute Gasteiger partial charge is 0.171 e. The fourth-order valence-corrected chi connectivity index (χ4v) is 3.98. The number of hydrogen-bond acceptors (Lipinski definition) is 5. The minimum atomic E-state index is 0.387. The molecule has 0 radical (unpaired) electrons. The molecule has 6 heteroatoms. The van der Waals surface area contributed by atoms with Gasteiger partial charge < -0.3 is 19.0 Å². The number of aryl methyl sites for hydroxylation is 1. The second kappa shape index (κ2) is 7.70. The van der Waals surface area contributed by atoms with Crippen molar-refractivity contribution in [3.8, 4) is 11.4 Å². The minimum Gasteiger partial charge on any atom is -0.495 e. The van der Waals surface area contributed by atoms with Crippen LogP contribution in [0.4, 0.5) is 0 Å². The van der Waals surface area contributed by atoms with E-state index in [-0.39, 0.29) is 0 Å². The van der Waals surface area contributed by atoms with Crippen LogP contribution in [0.2, 0.25) is 0 Å². The molecule has 2 aromatic rings. The Morgan fingerprint density at radius 2 is 2.18 bits per heavy atom. The molecular formula is C22H28N4O2. The van der Waals surface area contributed by atoms with Gasteiger partial charge in [-0.05, 0) is 55.0 Å². The van der Waals surface area contributed by atoms with Crippen LogP contribution in [0.5, 0.6) is 5.75 Å². The topological polar surface area (TPSA) is 51.9 Å². The highest BCUT2D eigenvalue weighted by Gasteiger charge is 2.33. The van der Waals surface area contributed by atoms with Gasteiger partial charge in [0.15, 0.2) is 5.84 Å². The predicted molar refractivity (Wildman–Crippen MR) is 111 cm³/mol. The number of aromatic nitrogens is 2. The summed E-state index contributed by atoms with van der Waals surface area (Å²) in [4.78, 5) is 12.3. The van der Waals surface area contributed by atoms with Crippen molar-refractivity contribution in [2.75, 3.05) is 20.3 Å². The molecule has 0 bridgehead atoms. The monoisotopic (exact) mass is 380 g/mol. The summed E-state index contributed by atoms with van der Waals surface area (Å²) in [6, 6.07) is 6.64. The van der Waals surface area contributed by atoms with Gasteiger partial charge >= 0.3 is 0 Å². The van der Waals surface area contributed by atoms with E-state index in [2.05, 4.69) is 53.2 Å². The van der Waals surface area contributed by atoms with Gasteiger partial charge in [-0.25, -0.2) is 4.98 Å². The highest BCUT2D eigenvalue weighted by molar-refractivity contribution is 6.02. The Morgan fingerprint density at radius 3 is 2.89 bits per heavy atom. The first-order valence-electron chi connectivity index (χ1n) is 9.93. The zero-order chi connectivity index (χ0) is 19.7. The zero-order valence-electron chi connectivity index (χ0n) is 17.1. The van der Waals surface area contributed by atoms with Crippen LogP contribution in [0.3, 0.4) is 0 Å². The van der Waals surface area contributed by atoms with Crippen LogP contribution < -0.4 is 4.74 Å². The van der Waals surface area contributed by atoms with Crippen molar-refractivity contribution in [1.82, 2.24) is 14.5 Å². The van der Waals surface area contributed by atoms with Crippen molar-refractivity contribution in [2.45, 2.75) is 39.7 Å². The SMILES string of the molecule is COc1cc(C=C2CCCN3C2=NOC[C@H]3C(C)C)ccc1-n1cnc(C)c1. The minimum absolute atomic E-state index is 0.387. The summed E-state index contributed by atoms with van der Waals surface area (Å²) >= 11 is 0. The second-order valence-electron chi connectivity index (χ2n) is 7.84. The van der Waals surface area contributed by atoms with Crippen molar-refractivity contribution < 1.29 is 9.57 Å². The van der Waals surface area contributed by atoms with Crippen molar-refractivity contribution in [2.24, 2.45) is 11.1 Å². The highest BCUT2D eigenvalue weighted by atomic mass is 16.6. The zero-order valence-corrected chi connectivity index (χ0v) is 17.1. The lowest BCUT2D eigenvalue weighted by Gasteiger charge is -2.41. The van der Waals surface area contributed by atoms with E-state index in [1.54, 1.807) is 7.11 Å². The molecule has 3 heterocycles. The fraction of sp³-hybridized carbons (Fsp3) is 0.455. The standard InChI is InChI=1S/C22H28N4O2/c1-15(2)20-13-28-24-22-18(6-5-9-26(20)22)10-17-7-8-19(21(11-17)27-4)25-12-16(3)23-14-25/h7-8,10-12,14-15,20H,5-6,9,13H2,1-4H3/t20-/m0/s1. The summed E-state index contributed by atoms with van der Waals surface area (Å²) in [5, 5.41) is 4.40. The molecule has 6 nitrogen and oxygen atoms in total. The molecular weight excluding hydrogens is 352 g/mol. The first-order valence-corrected chi connectivity index (χ1v) is 9.93. The van der Waals surface area contributed by atoms with Gasteiger partial charge in [0.1, 0.15) is 12.4 Å². The number of piperidine rings is 1. The molecule has 4 rings (SSSR count). The number of imidazole rings is 1. The number of rotatable bonds is 4. The number of ether oxygens (including phenoxy) is 1. The second-order valence-corrected chi connectivity index (χ2v) is 7.84. The van der Waals surface area contributed by atoms with Gasteiger partial charge in [-0.2, -0.15) is 0 Å².